The molecule has 0 saturated heterocycles. The summed E-state index contributed by atoms with van der Waals surface area (Å²) in [6, 6.07) is 12.0. The third-order valence-corrected chi connectivity index (χ3v) is 5.76. The first-order valence-corrected chi connectivity index (χ1v) is 12.8. The molecule has 2 N–H and O–H groups in total. The second-order valence-electron chi connectivity index (χ2n) is 9.19. The predicted octanol–water partition coefficient (Wildman–Crippen LogP) is 8.08. The van der Waals surface area contributed by atoms with Crippen LogP contribution in [0.1, 0.15) is 73.4 Å². The number of aliphatic imine (C=N–C) groups is 1. The van der Waals surface area contributed by atoms with E-state index in [0.717, 1.165) is 53.1 Å². The summed E-state index contributed by atoms with van der Waals surface area (Å²) < 4.78 is 1.75. The number of carbonyl (C=O) groups excluding carboxylic acids is 1. The monoisotopic (exact) mass is 500 g/mol. The Labute approximate surface area is 223 Å². The Kier molecular flexibility index (Phi) is 13.6. The lowest BCUT2D eigenvalue weighted by Gasteiger charge is -2.05. The maximum Gasteiger partial charge on any atom is 0.151 e. The molecule has 0 saturated carbocycles. The van der Waals surface area contributed by atoms with Crippen LogP contribution in [0.25, 0.3) is 16.8 Å². The quantitative estimate of drug-likeness (QED) is 0.147. The van der Waals surface area contributed by atoms with Gasteiger partial charge >= 0.3 is 0 Å². The van der Waals surface area contributed by atoms with Crippen LogP contribution in [-0.2, 0) is 11.3 Å². The van der Waals surface area contributed by atoms with Crippen LogP contribution in [0.4, 0.5) is 0 Å². The number of nitrogens with zero attached hydrogens (tertiary/aromatic N) is 3. The Morgan fingerprint density at radius 3 is 2.27 bits per heavy atom. The first-order valence-electron chi connectivity index (χ1n) is 12.8. The largest absolute Gasteiger partial charge is 0.387 e. The van der Waals surface area contributed by atoms with Crippen molar-refractivity contribution in [2.45, 2.75) is 74.3 Å². The first kappa shape index (κ1) is 31.3. The van der Waals surface area contributed by atoms with Gasteiger partial charge in [0, 0.05) is 12.1 Å². The number of benzene rings is 1. The van der Waals surface area contributed by atoms with Gasteiger partial charge in [0.25, 0.3) is 0 Å². The number of allylic oxidation sites excluding steroid dienone is 7. The van der Waals surface area contributed by atoms with Crippen molar-refractivity contribution in [3.05, 3.63) is 95.9 Å². The Hall–Kier alpha value is -3.73. The maximum absolute atomic E-state index is 11.6. The Morgan fingerprint density at radius 2 is 1.76 bits per heavy atom. The van der Waals surface area contributed by atoms with Crippen molar-refractivity contribution in [2.24, 2.45) is 10.7 Å². The molecule has 0 atom stereocenters. The smallest absolute Gasteiger partial charge is 0.151 e. The third kappa shape index (κ3) is 10.8. The van der Waals surface area contributed by atoms with E-state index in [1.165, 1.54) is 11.1 Å². The third-order valence-electron chi connectivity index (χ3n) is 5.76. The molecular formula is C32H44N4O. The van der Waals surface area contributed by atoms with Gasteiger partial charge in [-0.15, -0.1) is 6.58 Å². The van der Waals surface area contributed by atoms with Crippen LogP contribution in [0.3, 0.4) is 0 Å². The summed E-state index contributed by atoms with van der Waals surface area (Å²) in [6.07, 6.45) is 9.00. The molecule has 0 bridgehead atoms. The fourth-order valence-electron chi connectivity index (χ4n) is 3.61. The lowest BCUT2D eigenvalue weighted by molar-refractivity contribution is -0.117. The predicted molar refractivity (Wildman–Crippen MR) is 160 cm³/mol. The number of Topliss-reactive ketones (excluding diaryl/α,β-unsaturated/α-hetero) is 1. The molecule has 0 aliphatic heterocycles. The molecule has 5 heteroatoms. The normalized spacial score (nSPS) is 12.9. The fourth-order valence-corrected chi connectivity index (χ4v) is 3.61. The zero-order valence-electron chi connectivity index (χ0n) is 23.8. The van der Waals surface area contributed by atoms with E-state index in [2.05, 4.69) is 57.0 Å². The molecule has 0 amide bonds. The molecule has 2 rings (SSSR count). The second kappa shape index (κ2) is 16.1. The minimum Gasteiger partial charge on any atom is -0.387 e. The summed E-state index contributed by atoms with van der Waals surface area (Å²) in [6.45, 7) is 21.9. The number of nitrogens with two attached hydrogens (primary N) is 1. The zero-order chi connectivity index (χ0) is 28.0. The molecule has 0 unspecified atom stereocenters. The topological polar surface area (TPSA) is 73.3 Å². The van der Waals surface area contributed by atoms with E-state index in [9.17, 15) is 4.79 Å². The average molecular weight is 501 g/mol. The molecule has 0 radical (unpaired) electrons. The zero-order valence-corrected chi connectivity index (χ0v) is 23.8. The Balaban J connectivity index is 0.000000448. The van der Waals surface area contributed by atoms with E-state index in [0.29, 0.717) is 5.84 Å². The molecule has 1 heterocycles. The first-order chi connectivity index (χ1) is 17.5. The molecule has 5 nitrogen and oxygen atoms in total. The lowest BCUT2D eigenvalue weighted by atomic mass is 10.0. The van der Waals surface area contributed by atoms with Crippen LogP contribution in [0, 0.1) is 0 Å². The van der Waals surface area contributed by atoms with Crippen LogP contribution < -0.4 is 5.73 Å². The van der Waals surface area contributed by atoms with Crippen LogP contribution >= 0.6 is 0 Å². The number of amidine groups is 1. The molecule has 1 aromatic carbocycles. The van der Waals surface area contributed by atoms with Gasteiger partial charge in [0.2, 0.25) is 0 Å². The minimum absolute atomic E-state index is 0.0731. The standard InChI is InChI=1S/C21H24N2O.C11H20N2/c1-6-15(2)16(3)12-17(4)20-13-21(19-10-8-7-9-11-19)23(22-20)14-18(5)24;1-5-7-9(3)11(8-6-2)13-10(4)12/h6-13H,4,14H2,1-3,5H3;6H,2,5,7-8H2,1,3-4H3,(H2,12,13)/b15-6-,16-12-;11-9+. The van der Waals surface area contributed by atoms with Gasteiger partial charge in [-0.05, 0) is 70.7 Å². The summed E-state index contributed by atoms with van der Waals surface area (Å²) in [5.74, 6) is 0.691. The minimum atomic E-state index is 0.0731. The van der Waals surface area contributed by atoms with Crippen LogP contribution in [-0.4, -0.2) is 21.4 Å². The maximum atomic E-state index is 11.6. The lowest BCUT2D eigenvalue weighted by Crippen LogP contribution is -2.09. The van der Waals surface area contributed by atoms with E-state index < -0.39 is 0 Å². The van der Waals surface area contributed by atoms with E-state index in [1.807, 2.05) is 62.4 Å². The van der Waals surface area contributed by atoms with Crippen LogP contribution in [0.2, 0.25) is 0 Å². The number of hydrogen-bond acceptors (Lipinski definition) is 3. The van der Waals surface area contributed by atoms with Crippen molar-refractivity contribution in [1.82, 2.24) is 9.78 Å². The van der Waals surface area contributed by atoms with Gasteiger partial charge in [-0.25, -0.2) is 4.99 Å². The van der Waals surface area contributed by atoms with Crippen molar-refractivity contribution >= 4 is 17.2 Å². The van der Waals surface area contributed by atoms with Gasteiger partial charge in [-0.3, -0.25) is 9.48 Å². The van der Waals surface area contributed by atoms with Crippen LogP contribution in [0.5, 0.6) is 0 Å². The molecule has 0 spiro atoms. The molecule has 0 fully saturated rings. The fraction of sp³-hybridized carbons (Fsp3) is 0.344. The molecule has 198 valence electrons. The van der Waals surface area contributed by atoms with Gasteiger partial charge in [0.05, 0.1) is 23.8 Å². The average Bonchev–Trinajstić information content (AvgIpc) is 3.27. The van der Waals surface area contributed by atoms with Crippen LogP contribution in [0.15, 0.2) is 95.2 Å². The van der Waals surface area contributed by atoms with Gasteiger partial charge in [-0.2, -0.15) is 5.10 Å². The summed E-state index contributed by atoms with van der Waals surface area (Å²) in [5.41, 5.74) is 13.9. The van der Waals surface area contributed by atoms with E-state index in [4.69, 9.17) is 5.73 Å². The van der Waals surface area contributed by atoms with Gasteiger partial charge in [0.15, 0.2) is 5.78 Å². The highest BCUT2D eigenvalue weighted by Gasteiger charge is 2.12. The van der Waals surface area contributed by atoms with Crippen molar-refractivity contribution in [3.63, 3.8) is 0 Å². The van der Waals surface area contributed by atoms with Crippen molar-refractivity contribution in [1.29, 1.82) is 0 Å². The molecular weight excluding hydrogens is 456 g/mol. The number of hydrogen-bond donors (Lipinski definition) is 1. The van der Waals surface area contributed by atoms with Gasteiger partial charge < -0.3 is 5.73 Å². The summed E-state index contributed by atoms with van der Waals surface area (Å²) in [5, 5.41) is 4.60. The van der Waals surface area contributed by atoms with Crippen molar-refractivity contribution < 1.29 is 4.79 Å². The molecule has 0 aliphatic carbocycles. The molecule has 1 aromatic heterocycles. The SMILES string of the molecule is C=C(/C=C(C)\C(C)=C/C)c1cc(-c2ccccc2)n(CC(C)=O)n1.C=CC/C(N=C(C)N)=C(/C)CCC. The van der Waals surface area contributed by atoms with E-state index in [-0.39, 0.29) is 12.3 Å². The molecule has 2 aromatic rings. The number of aromatic nitrogens is 2. The summed E-state index contributed by atoms with van der Waals surface area (Å²) in [4.78, 5) is 15.9. The number of carbonyl (C=O) groups is 1. The number of ketones is 1. The summed E-state index contributed by atoms with van der Waals surface area (Å²) >= 11 is 0. The van der Waals surface area contributed by atoms with Crippen molar-refractivity contribution in [2.75, 3.05) is 0 Å². The Bertz CT molecular complexity index is 1190. The van der Waals surface area contributed by atoms with E-state index >= 15 is 0 Å². The second-order valence-corrected chi connectivity index (χ2v) is 9.19. The number of rotatable bonds is 11. The van der Waals surface area contributed by atoms with E-state index in [1.54, 1.807) is 11.6 Å². The summed E-state index contributed by atoms with van der Waals surface area (Å²) in [7, 11) is 0. The molecule has 0 aliphatic rings. The Morgan fingerprint density at radius 1 is 1.11 bits per heavy atom. The highest BCUT2D eigenvalue weighted by atomic mass is 16.1. The van der Waals surface area contributed by atoms with Gasteiger partial charge in [0.1, 0.15) is 0 Å². The molecule has 37 heavy (non-hydrogen) atoms. The van der Waals surface area contributed by atoms with Crippen molar-refractivity contribution in [3.8, 4) is 11.3 Å². The highest BCUT2D eigenvalue weighted by Crippen LogP contribution is 2.25. The van der Waals surface area contributed by atoms with Gasteiger partial charge in [-0.1, -0.05) is 79.6 Å². The highest BCUT2D eigenvalue weighted by molar-refractivity contribution is 5.79.